The maximum atomic E-state index is 5.74. The summed E-state index contributed by atoms with van der Waals surface area (Å²) in [6, 6.07) is 10.0. The third-order valence-electron chi connectivity index (χ3n) is 5.31. The van der Waals surface area contributed by atoms with Crippen LogP contribution in [0.4, 0.5) is 0 Å². The molecule has 0 bridgehead atoms. The minimum Gasteiger partial charge on any atom is -0.494 e. The van der Waals surface area contributed by atoms with Crippen LogP contribution in [-0.2, 0) is 0 Å². The lowest BCUT2D eigenvalue weighted by molar-refractivity contribution is 0.151. The van der Waals surface area contributed by atoms with E-state index in [1.54, 1.807) is 0 Å². The first-order valence-corrected chi connectivity index (χ1v) is 9.52. The zero-order valence-electron chi connectivity index (χ0n) is 15.4. The molecule has 4 nitrogen and oxygen atoms in total. The Morgan fingerprint density at radius 1 is 1.20 bits per heavy atom. The van der Waals surface area contributed by atoms with Crippen LogP contribution in [0.1, 0.15) is 45.4 Å². The van der Waals surface area contributed by atoms with E-state index in [1.807, 2.05) is 30.3 Å². The molecule has 1 aliphatic heterocycles. The number of unbranched alkanes of at least 4 members (excludes halogenated alkanes) is 1. The molecule has 5 heteroatoms. The summed E-state index contributed by atoms with van der Waals surface area (Å²) in [4.78, 5) is 7.32. The first kappa shape index (κ1) is 20.3. The van der Waals surface area contributed by atoms with Crippen LogP contribution < -0.4 is 10.1 Å². The average molecular weight is 457 g/mol. The van der Waals surface area contributed by atoms with Crippen LogP contribution in [0, 0.1) is 5.41 Å². The van der Waals surface area contributed by atoms with Crippen molar-refractivity contribution >= 4 is 29.9 Å². The van der Waals surface area contributed by atoms with Gasteiger partial charge >= 0.3 is 0 Å². The topological polar surface area (TPSA) is 36.9 Å². The van der Waals surface area contributed by atoms with Gasteiger partial charge in [-0.25, -0.2) is 0 Å². The van der Waals surface area contributed by atoms with Crippen LogP contribution in [0.15, 0.2) is 35.3 Å². The van der Waals surface area contributed by atoms with Gasteiger partial charge in [0, 0.05) is 26.2 Å². The molecule has 25 heavy (non-hydrogen) atoms. The predicted molar refractivity (Wildman–Crippen MR) is 115 cm³/mol. The van der Waals surface area contributed by atoms with Gasteiger partial charge in [0.25, 0.3) is 0 Å². The molecule has 1 N–H and O–H groups in total. The second-order valence-electron chi connectivity index (χ2n) is 7.13. The number of aliphatic imine (C=N–C) groups is 1. The summed E-state index contributed by atoms with van der Waals surface area (Å²) >= 11 is 0. The normalized spacial score (nSPS) is 18.6. The average Bonchev–Trinajstić information content (AvgIpc) is 3.04. The highest BCUT2D eigenvalue weighted by atomic mass is 127. The molecule has 0 unspecified atom stereocenters. The van der Waals surface area contributed by atoms with Gasteiger partial charge in [0.2, 0.25) is 0 Å². The first-order chi connectivity index (χ1) is 11.8. The number of hydrogen-bond donors (Lipinski definition) is 1. The van der Waals surface area contributed by atoms with E-state index in [2.05, 4.69) is 17.1 Å². The van der Waals surface area contributed by atoms with E-state index in [-0.39, 0.29) is 24.0 Å². The third-order valence-corrected chi connectivity index (χ3v) is 5.31. The van der Waals surface area contributed by atoms with Gasteiger partial charge in [-0.15, -0.1) is 24.0 Å². The predicted octanol–water partition coefficient (Wildman–Crippen LogP) is 4.31. The minimum atomic E-state index is 0. The van der Waals surface area contributed by atoms with Crippen molar-refractivity contribution in [2.45, 2.75) is 45.4 Å². The lowest BCUT2D eigenvalue weighted by atomic mass is 9.68. The van der Waals surface area contributed by atoms with Crippen LogP contribution in [0.2, 0.25) is 0 Å². The molecule has 2 fully saturated rings. The Labute approximate surface area is 169 Å². The van der Waals surface area contributed by atoms with E-state index >= 15 is 0 Å². The van der Waals surface area contributed by atoms with Crippen LogP contribution in [0.5, 0.6) is 5.75 Å². The molecule has 0 atom stereocenters. The molecule has 1 heterocycles. The van der Waals surface area contributed by atoms with Crippen LogP contribution >= 0.6 is 24.0 Å². The number of ether oxygens (including phenoxy) is 1. The molecule has 0 amide bonds. The molecule has 1 aliphatic carbocycles. The van der Waals surface area contributed by atoms with Crippen LogP contribution in [0.25, 0.3) is 0 Å². The molecule has 1 saturated carbocycles. The number of hydrogen-bond acceptors (Lipinski definition) is 2. The highest BCUT2D eigenvalue weighted by Crippen LogP contribution is 2.47. The summed E-state index contributed by atoms with van der Waals surface area (Å²) in [7, 11) is 0. The summed E-state index contributed by atoms with van der Waals surface area (Å²) in [5.74, 6) is 2.07. The maximum Gasteiger partial charge on any atom is 0.193 e. The number of rotatable bonds is 7. The van der Waals surface area contributed by atoms with Gasteiger partial charge in [0.05, 0.1) is 6.61 Å². The van der Waals surface area contributed by atoms with E-state index in [0.717, 1.165) is 44.2 Å². The van der Waals surface area contributed by atoms with Crippen molar-refractivity contribution in [1.29, 1.82) is 0 Å². The van der Waals surface area contributed by atoms with Gasteiger partial charge in [-0.05, 0) is 56.6 Å². The Morgan fingerprint density at radius 2 is 2.00 bits per heavy atom. The Kier molecular flexibility index (Phi) is 8.33. The SMILES string of the molecule is CCNC(=NCCCCOc1ccccc1)N1CCC2(CCC2)C1.I. The molecule has 0 aromatic heterocycles. The third kappa shape index (κ3) is 5.76. The van der Waals surface area contributed by atoms with E-state index in [4.69, 9.17) is 9.73 Å². The van der Waals surface area contributed by atoms with Gasteiger partial charge in [0.15, 0.2) is 5.96 Å². The van der Waals surface area contributed by atoms with Crippen molar-refractivity contribution in [3.05, 3.63) is 30.3 Å². The standard InChI is InChI=1S/C20H31N3O.HI/c1-2-21-19(23-15-13-20(17-23)11-8-12-20)22-14-6-7-16-24-18-9-4-3-5-10-18;/h3-5,9-10H,2,6-8,11-17H2,1H3,(H,21,22);1H. The number of benzene rings is 1. The summed E-state index contributed by atoms with van der Waals surface area (Å²) in [6.07, 6.45) is 7.72. The largest absolute Gasteiger partial charge is 0.494 e. The van der Waals surface area contributed by atoms with Gasteiger partial charge in [0.1, 0.15) is 5.75 Å². The van der Waals surface area contributed by atoms with Crippen molar-refractivity contribution in [1.82, 2.24) is 10.2 Å². The molecular weight excluding hydrogens is 425 g/mol. The maximum absolute atomic E-state index is 5.74. The summed E-state index contributed by atoms with van der Waals surface area (Å²) in [5, 5.41) is 3.47. The van der Waals surface area contributed by atoms with Crippen molar-refractivity contribution in [3.63, 3.8) is 0 Å². The lowest BCUT2D eigenvalue weighted by Gasteiger charge is -2.38. The fourth-order valence-corrected chi connectivity index (χ4v) is 3.73. The molecular formula is C20H32IN3O. The second-order valence-corrected chi connectivity index (χ2v) is 7.13. The monoisotopic (exact) mass is 457 g/mol. The molecule has 1 saturated heterocycles. The fourth-order valence-electron chi connectivity index (χ4n) is 3.73. The van der Waals surface area contributed by atoms with Crippen LogP contribution in [-0.4, -0.2) is 43.6 Å². The number of guanidine groups is 1. The molecule has 1 aromatic carbocycles. The van der Waals surface area contributed by atoms with Crippen molar-refractivity contribution in [3.8, 4) is 5.75 Å². The van der Waals surface area contributed by atoms with Crippen LogP contribution in [0.3, 0.4) is 0 Å². The van der Waals surface area contributed by atoms with E-state index in [9.17, 15) is 0 Å². The summed E-state index contributed by atoms with van der Waals surface area (Å²) < 4.78 is 5.74. The molecule has 3 rings (SSSR count). The molecule has 2 aliphatic rings. The lowest BCUT2D eigenvalue weighted by Crippen LogP contribution is -2.42. The second kappa shape index (κ2) is 10.2. The molecule has 0 radical (unpaired) electrons. The van der Waals surface area contributed by atoms with E-state index in [1.165, 1.54) is 38.8 Å². The van der Waals surface area contributed by atoms with Crippen molar-refractivity contribution in [2.24, 2.45) is 10.4 Å². The van der Waals surface area contributed by atoms with Gasteiger partial charge in [-0.2, -0.15) is 0 Å². The van der Waals surface area contributed by atoms with E-state index < -0.39 is 0 Å². The number of halogens is 1. The first-order valence-electron chi connectivity index (χ1n) is 9.52. The number of nitrogens with one attached hydrogen (secondary N) is 1. The fraction of sp³-hybridized carbons (Fsp3) is 0.650. The summed E-state index contributed by atoms with van der Waals surface area (Å²) in [5.41, 5.74) is 0.625. The number of para-hydroxylation sites is 1. The number of nitrogens with zero attached hydrogens (tertiary/aromatic N) is 2. The summed E-state index contributed by atoms with van der Waals surface area (Å²) in [6.45, 7) is 7.11. The number of likely N-dealkylation sites (tertiary alicyclic amines) is 1. The van der Waals surface area contributed by atoms with Gasteiger partial charge in [-0.1, -0.05) is 24.6 Å². The Hall–Kier alpha value is -0.980. The van der Waals surface area contributed by atoms with Crippen molar-refractivity contribution in [2.75, 3.05) is 32.8 Å². The highest BCUT2D eigenvalue weighted by molar-refractivity contribution is 14.0. The quantitative estimate of drug-likeness (QED) is 0.287. The Balaban J connectivity index is 0.00000225. The zero-order valence-corrected chi connectivity index (χ0v) is 17.7. The smallest absolute Gasteiger partial charge is 0.193 e. The zero-order chi connectivity index (χ0) is 16.7. The Bertz CT molecular complexity index is 531. The molecule has 1 aromatic rings. The van der Waals surface area contributed by atoms with Gasteiger partial charge < -0.3 is 15.0 Å². The Morgan fingerprint density at radius 3 is 2.64 bits per heavy atom. The molecule has 140 valence electrons. The molecule has 1 spiro atoms. The van der Waals surface area contributed by atoms with E-state index in [0.29, 0.717) is 5.41 Å². The van der Waals surface area contributed by atoms with Gasteiger partial charge in [-0.3, -0.25) is 4.99 Å². The highest BCUT2D eigenvalue weighted by Gasteiger charge is 2.43. The van der Waals surface area contributed by atoms with Crippen molar-refractivity contribution < 1.29 is 4.74 Å². The minimum absolute atomic E-state index is 0.